The number of hydrogen-bond donors (Lipinski definition) is 1. The molecule has 1 fully saturated rings. The summed E-state index contributed by atoms with van der Waals surface area (Å²) in [6.07, 6.45) is 6.62. The normalized spacial score (nSPS) is 24.0. The van der Waals surface area contributed by atoms with Gasteiger partial charge in [-0.15, -0.1) is 0 Å². The maximum absolute atomic E-state index is 8.93. The lowest BCUT2D eigenvalue weighted by Gasteiger charge is -2.20. The Morgan fingerprint density at radius 2 is 2.44 bits per heavy atom. The van der Waals surface area contributed by atoms with Crippen molar-refractivity contribution >= 4 is 0 Å². The molecule has 0 radical (unpaired) electrons. The smallest absolute Gasteiger partial charge is 0.155 e. The van der Waals surface area contributed by atoms with Crippen LogP contribution in [0, 0.1) is 17.2 Å². The molecule has 4 nitrogen and oxygen atoms in total. The van der Waals surface area contributed by atoms with Crippen LogP contribution in [0.25, 0.3) is 0 Å². The molecule has 0 spiro atoms. The lowest BCUT2D eigenvalue weighted by Crippen LogP contribution is -2.27. The largest absolute Gasteiger partial charge is 0.487 e. The van der Waals surface area contributed by atoms with Gasteiger partial charge in [-0.1, -0.05) is 0 Å². The summed E-state index contributed by atoms with van der Waals surface area (Å²) in [7, 11) is 0. The van der Waals surface area contributed by atoms with Crippen LogP contribution in [0.2, 0.25) is 0 Å². The molecule has 1 aromatic rings. The predicted octanol–water partition coefficient (Wildman–Crippen LogP) is 1.46. The van der Waals surface area contributed by atoms with E-state index in [-0.39, 0.29) is 6.10 Å². The zero-order chi connectivity index (χ0) is 11.4. The monoisotopic (exact) mass is 217 g/mol. The molecule has 2 N–H and O–H groups in total. The van der Waals surface area contributed by atoms with Crippen LogP contribution in [0.15, 0.2) is 18.5 Å². The first-order valence-electron chi connectivity index (χ1n) is 5.56. The summed E-state index contributed by atoms with van der Waals surface area (Å²) >= 11 is 0. The first kappa shape index (κ1) is 10.9. The van der Waals surface area contributed by atoms with Crippen molar-refractivity contribution in [1.82, 2.24) is 4.98 Å². The van der Waals surface area contributed by atoms with Gasteiger partial charge in [0, 0.05) is 12.1 Å². The quantitative estimate of drug-likeness (QED) is 0.832. The van der Waals surface area contributed by atoms with Gasteiger partial charge in [0.05, 0.1) is 11.8 Å². The van der Waals surface area contributed by atoms with E-state index in [0.29, 0.717) is 23.8 Å². The second kappa shape index (κ2) is 4.95. The summed E-state index contributed by atoms with van der Waals surface area (Å²) in [5.41, 5.74) is 6.23. The summed E-state index contributed by atoms with van der Waals surface area (Å²) in [5.74, 6) is 0.988. The number of ether oxygens (including phenoxy) is 1. The van der Waals surface area contributed by atoms with Crippen LogP contribution in [-0.2, 0) is 0 Å². The number of hydrogen-bond acceptors (Lipinski definition) is 4. The van der Waals surface area contributed by atoms with Gasteiger partial charge < -0.3 is 10.5 Å². The highest BCUT2D eigenvalue weighted by Crippen LogP contribution is 2.29. The fourth-order valence-electron chi connectivity index (χ4n) is 2.16. The number of nitriles is 1. The van der Waals surface area contributed by atoms with Gasteiger partial charge in [0.1, 0.15) is 12.2 Å². The third-order valence-electron chi connectivity index (χ3n) is 3.08. The topological polar surface area (TPSA) is 71.9 Å². The third-order valence-corrected chi connectivity index (χ3v) is 3.08. The highest BCUT2D eigenvalue weighted by atomic mass is 16.5. The molecular weight excluding hydrogens is 202 g/mol. The van der Waals surface area contributed by atoms with E-state index in [1.54, 1.807) is 18.5 Å². The molecule has 84 valence electrons. The summed E-state index contributed by atoms with van der Waals surface area (Å²) < 4.78 is 5.84. The van der Waals surface area contributed by atoms with Crippen LogP contribution in [0.3, 0.4) is 0 Å². The maximum atomic E-state index is 8.93. The van der Waals surface area contributed by atoms with Gasteiger partial charge in [0.15, 0.2) is 5.75 Å². The van der Waals surface area contributed by atoms with Crippen LogP contribution >= 0.6 is 0 Å². The van der Waals surface area contributed by atoms with E-state index in [2.05, 4.69) is 11.1 Å². The molecule has 1 aromatic heterocycles. The van der Waals surface area contributed by atoms with E-state index in [1.807, 2.05) is 0 Å². The number of pyridine rings is 1. The number of nitrogens with zero attached hydrogens (tertiary/aromatic N) is 2. The highest BCUT2D eigenvalue weighted by Gasteiger charge is 2.28. The van der Waals surface area contributed by atoms with Crippen LogP contribution in [-0.4, -0.2) is 17.6 Å². The van der Waals surface area contributed by atoms with Crippen molar-refractivity contribution in [3.8, 4) is 11.8 Å². The second-order valence-corrected chi connectivity index (χ2v) is 4.07. The Kier molecular flexibility index (Phi) is 3.37. The molecule has 0 aromatic carbocycles. The van der Waals surface area contributed by atoms with Gasteiger partial charge in [0.2, 0.25) is 0 Å². The lowest BCUT2D eigenvalue weighted by molar-refractivity contribution is 0.161. The van der Waals surface area contributed by atoms with E-state index in [9.17, 15) is 0 Å². The molecule has 1 heterocycles. The molecule has 1 aliphatic carbocycles. The Hall–Kier alpha value is -1.60. The zero-order valence-electron chi connectivity index (χ0n) is 9.10. The van der Waals surface area contributed by atoms with Gasteiger partial charge in [-0.05, 0) is 31.9 Å². The number of nitrogens with two attached hydrogens (primary N) is 1. The highest BCUT2D eigenvalue weighted by molar-refractivity contribution is 5.40. The Bertz CT molecular complexity index is 399. The van der Waals surface area contributed by atoms with Crippen molar-refractivity contribution in [3.63, 3.8) is 0 Å². The Morgan fingerprint density at radius 3 is 3.19 bits per heavy atom. The minimum atomic E-state index is 0.140. The van der Waals surface area contributed by atoms with E-state index in [0.717, 1.165) is 19.3 Å². The molecule has 1 aliphatic rings. The fourth-order valence-corrected chi connectivity index (χ4v) is 2.16. The van der Waals surface area contributed by atoms with Crippen LogP contribution in [0.1, 0.15) is 24.8 Å². The number of rotatable bonds is 3. The molecule has 0 saturated heterocycles. The van der Waals surface area contributed by atoms with Crippen molar-refractivity contribution in [2.45, 2.75) is 25.4 Å². The van der Waals surface area contributed by atoms with E-state index >= 15 is 0 Å². The Morgan fingerprint density at radius 1 is 1.56 bits per heavy atom. The van der Waals surface area contributed by atoms with Crippen LogP contribution < -0.4 is 10.5 Å². The van der Waals surface area contributed by atoms with Gasteiger partial charge >= 0.3 is 0 Å². The van der Waals surface area contributed by atoms with Crippen LogP contribution in [0.5, 0.6) is 5.75 Å². The fraction of sp³-hybridized carbons (Fsp3) is 0.500. The molecule has 2 unspecified atom stereocenters. The van der Waals surface area contributed by atoms with Gasteiger partial charge in [-0.25, -0.2) is 0 Å². The summed E-state index contributed by atoms with van der Waals surface area (Å²) in [5, 5.41) is 8.93. The molecule has 4 heteroatoms. The van der Waals surface area contributed by atoms with Crippen molar-refractivity contribution in [2.24, 2.45) is 11.7 Å². The van der Waals surface area contributed by atoms with Crippen molar-refractivity contribution in [3.05, 3.63) is 24.0 Å². The molecule has 0 amide bonds. The SMILES string of the molecule is N#Cc1ccncc1OC1CCCC1CN. The van der Waals surface area contributed by atoms with Gasteiger partial charge in [-0.3, -0.25) is 4.98 Å². The second-order valence-electron chi connectivity index (χ2n) is 4.07. The van der Waals surface area contributed by atoms with Crippen molar-refractivity contribution in [1.29, 1.82) is 5.26 Å². The first-order valence-corrected chi connectivity index (χ1v) is 5.56. The Balaban J connectivity index is 2.12. The molecular formula is C12H15N3O. The Labute approximate surface area is 95.0 Å². The first-order chi connectivity index (χ1) is 7.85. The molecule has 2 rings (SSSR count). The molecule has 0 bridgehead atoms. The van der Waals surface area contributed by atoms with E-state index in [4.69, 9.17) is 15.7 Å². The standard InChI is InChI=1S/C12H15N3O/c13-6-9-2-1-3-11(9)16-12-8-15-5-4-10(12)7-14/h4-5,8-9,11H,1-3,6,13H2. The maximum Gasteiger partial charge on any atom is 0.155 e. The summed E-state index contributed by atoms with van der Waals surface area (Å²) in [4.78, 5) is 3.98. The van der Waals surface area contributed by atoms with Crippen molar-refractivity contribution in [2.75, 3.05) is 6.54 Å². The third kappa shape index (κ3) is 2.15. The molecule has 2 atom stereocenters. The minimum Gasteiger partial charge on any atom is -0.487 e. The summed E-state index contributed by atoms with van der Waals surface area (Å²) in [6.45, 7) is 0.646. The zero-order valence-corrected chi connectivity index (χ0v) is 9.10. The average Bonchev–Trinajstić information content (AvgIpc) is 2.77. The van der Waals surface area contributed by atoms with Gasteiger partial charge in [0.25, 0.3) is 0 Å². The van der Waals surface area contributed by atoms with E-state index < -0.39 is 0 Å². The van der Waals surface area contributed by atoms with Crippen molar-refractivity contribution < 1.29 is 4.74 Å². The summed E-state index contributed by atoms with van der Waals surface area (Å²) in [6, 6.07) is 3.77. The molecule has 16 heavy (non-hydrogen) atoms. The average molecular weight is 217 g/mol. The van der Waals surface area contributed by atoms with Crippen LogP contribution in [0.4, 0.5) is 0 Å². The van der Waals surface area contributed by atoms with Gasteiger partial charge in [-0.2, -0.15) is 5.26 Å². The van der Waals surface area contributed by atoms with E-state index in [1.165, 1.54) is 0 Å². The molecule has 0 aliphatic heterocycles. The minimum absolute atomic E-state index is 0.140. The predicted molar refractivity (Wildman–Crippen MR) is 59.8 cm³/mol. The molecule has 1 saturated carbocycles. The number of aromatic nitrogens is 1. The lowest BCUT2D eigenvalue weighted by atomic mass is 10.1.